The molecule has 9 unspecified atom stereocenters. The van der Waals surface area contributed by atoms with Gasteiger partial charge in [-0.3, -0.25) is 4.90 Å². The molecule has 6 aliphatic rings. The molecule has 0 N–H and O–H groups in total. The number of rotatable bonds is 5. The average molecular weight is 465 g/mol. The summed E-state index contributed by atoms with van der Waals surface area (Å²) in [5.41, 5.74) is -0.0577. The van der Waals surface area contributed by atoms with Gasteiger partial charge >= 0.3 is 0 Å². The van der Waals surface area contributed by atoms with Gasteiger partial charge in [0, 0.05) is 39.1 Å². The van der Waals surface area contributed by atoms with E-state index in [1.807, 2.05) is 0 Å². The molecule has 7 nitrogen and oxygen atoms in total. The summed E-state index contributed by atoms with van der Waals surface area (Å²) in [5.74, 6) is 3.02. The molecule has 9 atom stereocenters. The Morgan fingerprint density at radius 2 is 1.88 bits per heavy atom. The Morgan fingerprint density at radius 1 is 1.00 bits per heavy atom. The molecular formula is C26H44N2O5. The Morgan fingerprint density at radius 3 is 2.70 bits per heavy atom. The molecule has 0 aromatic rings. The molecule has 6 rings (SSSR count). The molecule has 0 bridgehead atoms. The Balaban J connectivity index is 1.03. The number of fused-ring (bicyclic) bond motifs is 3. The van der Waals surface area contributed by atoms with Gasteiger partial charge in [-0.2, -0.15) is 0 Å². The second kappa shape index (κ2) is 9.64. The third-order valence-corrected chi connectivity index (χ3v) is 9.85. The molecule has 33 heavy (non-hydrogen) atoms. The summed E-state index contributed by atoms with van der Waals surface area (Å²) in [7, 11) is 1.75. The largest absolute Gasteiger partial charge is 0.356 e. The summed E-state index contributed by atoms with van der Waals surface area (Å²) in [6, 6.07) is 0.425. The molecule has 5 aliphatic heterocycles. The van der Waals surface area contributed by atoms with Crippen molar-refractivity contribution in [2.75, 3.05) is 53.1 Å². The summed E-state index contributed by atoms with van der Waals surface area (Å²) in [6.45, 7) is 9.78. The highest BCUT2D eigenvalue weighted by atomic mass is 16.8. The molecule has 0 aromatic carbocycles. The van der Waals surface area contributed by atoms with E-state index >= 15 is 0 Å². The van der Waals surface area contributed by atoms with Crippen LogP contribution >= 0.6 is 0 Å². The summed E-state index contributed by atoms with van der Waals surface area (Å²) < 4.78 is 29.2. The van der Waals surface area contributed by atoms with Gasteiger partial charge in [0.2, 0.25) is 0 Å². The fourth-order valence-electron chi connectivity index (χ4n) is 7.49. The van der Waals surface area contributed by atoms with E-state index in [2.05, 4.69) is 16.7 Å². The summed E-state index contributed by atoms with van der Waals surface area (Å²) >= 11 is 0. The Labute approximate surface area is 199 Å². The van der Waals surface area contributed by atoms with Gasteiger partial charge in [0.1, 0.15) is 11.8 Å². The third-order valence-electron chi connectivity index (χ3n) is 9.85. The van der Waals surface area contributed by atoms with Crippen LogP contribution in [0.15, 0.2) is 0 Å². The van der Waals surface area contributed by atoms with Crippen LogP contribution in [0, 0.1) is 23.7 Å². The van der Waals surface area contributed by atoms with Gasteiger partial charge in [0.05, 0.1) is 19.8 Å². The van der Waals surface area contributed by atoms with E-state index in [9.17, 15) is 0 Å². The van der Waals surface area contributed by atoms with Crippen molar-refractivity contribution in [2.24, 2.45) is 23.7 Å². The number of epoxide rings is 2. The number of methoxy groups -OCH3 is 1. The summed E-state index contributed by atoms with van der Waals surface area (Å²) in [4.78, 5) is 5.38. The monoisotopic (exact) mass is 464 g/mol. The molecule has 6 fully saturated rings. The van der Waals surface area contributed by atoms with Gasteiger partial charge in [0.15, 0.2) is 12.6 Å². The van der Waals surface area contributed by atoms with Crippen LogP contribution in [0.1, 0.15) is 58.3 Å². The van der Waals surface area contributed by atoms with Crippen LogP contribution in [-0.4, -0.2) is 93.4 Å². The zero-order chi connectivity index (χ0) is 22.4. The van der Waals surface area contributed by atoms with Crippen LogP contribution in [0.2, 0.25) is 0 Å². The molecule has 0 radical (unpaired) electrons. The molecule has 5 heterocycles. The van der Waals surface area contributed by atoms with Crippen molar-refractivity contribution in [2.45, 2.75) is 88.7 Å². The normalized spacial score (nSPS) is 48.9. The van der Waals surface area contributed by atoms with E-state index in [1.54, 1.807) is 7.11 Å². The highest BCUT2D eigenvalue weighted by Gasteiger charge is 2.56. The number of nitrogens with zero attached hydrogens (tertiary/aromatic N) is 2. The SMILES string of the molecule is COC1CC(N2CCCCCN(CCC3CCC4C(COC5OC54)C3C)CCC23CO3)CO1. The van der Waals surface area contributed by atoms with E-state index in [-0.39, 0.29) is 18.3 Å². The number of ether oxygens (including phenoxy) is 5. The summed E-state index contributed by atoms with van der Waals surface area (Å²) in [6.07, 6.45) is 10.5. The maximum Gasteiger partial charge on any atom is 0.184 e. The van der Waals surface area contributed by atoms with Crippen molar-refractivity contribution in [1.82, 2.24) is 9.80 Å². The van der Waals surface area contributed by atoms with Crippen molar-refractivity contribution in [3.63, 3.8) is 0 Å². The average Bonchev–Trinajstić information content (AvgIpc) is 3.74. The Kier molecular flexibility index (Phi) is 6.76. The first-order chi connectivity index (χ1) is 16.2. The predicted molar refractivity (Wildman–Crippen MR) is 124 cm³/mol. The number of hydrogen-bond acceptors (Lipinski definition) is 7. The van der Waals surface area contributed by atoms with Gasteiger partial charge in [-0.1, -0.05) is 13.3 Å². The van der Waals surface area contributed by atoms with Gasteiger partial charge in [-0.05, 0) is 68.9 Å². The van der Waals surface area contributed by atoms with Crippen LogP contribution in [0.5, 0.6) is 0 Å². The van der Waals surface area contributed by atoms with Crippen LogP contribution in [0.25, 0.3) is 0 Å². The standard InChI is InChI=1S/C26H44N2O5/c1-18-19(6-7-21-22(18)16-31-25-24(21)33-25)8-12-27-10-4-3-5-11-28(26(9-13-27)17-32-26)20-14-23(29-2)30-15-20/h18-25H,3-17H2,1-2H3. The lowest BCUT2D eigenvalue weighted by Gasteiger charge is -2.43. The van der Waals surface area contributed by atoms with Crippen molar-refractivity contribution in [3.8, 4) is 0 Å². The minimum Gasteiger partial charge on any atom is -0.356 e. The Hall–Kier alpha value is -0.280. The lowest BCUT2D eigenvalue weighted by molar-refractivity contribution is -0.0883. The number of hydrogen-bond donors (Lipinski definition) is 0. The molecule has 188 valence electrons. The van der Waals surface area contributed by atoms with Crippen molar-refractivity contribution in [1.29, 1.82) is 0 Å². The fourth-order valence-corrected chi connectivity index (χ4v) is 7.49. The van der Waals surface area contributed by atoms with Gasteiger partial charge in [0.25, 0.3) is 0 Å². The van der Waals surface area contributed by atoms with E-state index in [4.69, 9.17) is 23.7 Å². The fraction of sp³-hybridized carbons (Fsp3) is 1.00. The molecule has 5 saturated heterocycles. The topological polar surface area (TPSA) is 59.2 Å². The van der Waals surface area contributed by atoms with Crippen LogP contribution < -0.4 is 0 Å². The molecule has 0 amide bonds. The first-order valence-corrected chi connectivity index (χ1v) is 13.7. The van der Waals surface area contributed by atoms with E-state index < -0.39 is 0 Å². The minimum atomic E-state index is -0.0577. The van der Waals surface area contributed by atoms with E-state index in [1.165, 1.54) is 51.6 Å². The van der Waals surface area contributed by atoms with Crippen molar-refractivity contribution < 1.29 is 23.7 Å². The third kappa shape index (κ3) is 4.76. The zero-order valence-corrected chi connectivity index (χ0v) is 20.7. The second-order valence-electron chi connectivity index (χ2n) is 11.6. The summed E-state index contributed by atoms with van der Waals surface area (Å²) in [5, 5.41) is 0. The first-order valence-electron chi connectivity index (χ1n) is 13.7. The lowest BCUT2D eigenvalue weighted by Crippen LogP contribution is -2.49. The molecule has 1 saturated carbocycles. The van der Waals surface area contributed by atoms with Crippen molar-refractivity contribution in [3.05, 3.63) is 0 Å². The van der Waals surface area contributed by atoms with Gasteiger partial charge in [-0.15, -0.1) is 0 Å². The molecule has 0 aromatic heterocycles. The highest BCUT2D eigenvalue weighted by Crippen LogP contribution is 2.50. The maximum atomic E-state index is 6.17. The highest BCUT2D eigenvalue weighted by molar-refractivity contribution is 4.99. The lowest BCUT2D eigenvalue weighted by atomic mass is 9.65. The van der Waals surface area contributed by atoms with E-state index in [0.717, 1.165) is 63.5 Å². The van der Waals surface area contributed by atoms with Gasteiger partial charge < -0.3 is 28.6 Å². The Bertz CT molecular complexity index is 675. The van der Waals surface area contributed by atoms with Crippen LogP contribution in [0.4, 0.5) is 0 Å². The van der Waals surface area contributed by atoms with E-state index in [0.29, 0.717) is 18.1 Å². The predicted octanol–water partition coefficient (Wildman–Crippen LogP) is 3.08. The minimum absolute atomic E-state index is 0.0540. The zero-order valence-electron chi connectivity index (χ0n) is 20.7. The van der Waals surface area contributed by atoms with Gasteiger partial charge in [-0.25, -0.2) is 0 Å². The van der Waals surface area contributed by atoms with Crippen molar-refractivity contribution >= 4 is 0 Å². The maximum absolute atomic E-state index is 6.17. The molecule has 7 heteroatoms. The van der Waals surface area contributed by atoms with Crippen LogP contribution in [-0.2, 0) is 23.7 Å². The smallest absolute Gasteiger partial charge is 0.184 e. The molecule has 1 spiro atoms. The van der Waals surface area contributed by atoms with Crippen LogP contribution in [0.3, 0.4) is 0 Å². The second-order valence-corrected chi connectivity index (χ2v) is 11.6. The molecular weight excluding hydrogens is 420 g/mol. The first kappa shape index (κ1) is 23.1. The molecule has 1 aliphatic carbocycles. The quantitative estimate of drug-likeness (QED) is 0.580.